The van der Waals surface area contributed by atoms with Crippen LogP contribution in [0.5, 0.6) is 0 Å². The highest BCUT2D eigenvalue weighted by atomic mass is 16.6. The van der Waals surface area contributed by atoms with Gasteiger partial charge in [-0.15, -0.1) is 0 Å². The lowest BCUT2D eigenvalue weighted by Gasteiger charge is -2.20. The van der Waals surface area contributed by atoms with Crippen LogP contribution in [0.15, 0.2) is 36.4 Å². The van der Waals surface area contributed by atoms with E-state index in [1.54, 1.807) is 125 Å². The van der Waals surface area contributed by atoms with Gasteiger partial charge in [0.05, 0.1) is 0 Å². The molecule has 0 aliphatic heterocycles. The Morgan fingerprint density at radius 3 is 0.436 bits per heavy atom. The number of ether oxygens (including phenoxy) is 6. The number of carbonyl (C=O) groups is 12. The van der Waals surface area contributed by atoms with Gasteiger partial charge in [0.25, 0.3) is 35.4 Å². The van der Waals surface area contributed by atoms with Crippen LogP contribution >= 0.6 is 0 Å². The van der Waals surface area contributed by atoms with Crippen LogP contribution in [0.25, 0.3) is 0 Å². The van der Waals surface area contributed by atoms with Gasteiger partial charge in [0.15, 0.2) is 0 Å². The van der Waals surface area contributed by atoms with E-state index in [4.69, 9.17) is 28.4 Å². The second kappa shape index (κ2) is 28.5. The fourth-order valence-electron chi connectivity index (χ4n) is 5.83. The summed E-state index contributed by atoms with van der Waals surface area (Å²) in [6, 6.07) is 7.16. The average molecular weight is 1100 g/mol. The van der Waals surface area contributed by atoms with Gasteiger partial charge in [0.2, 0.25) is 0 Å². The molecule has 24 heteroatoms. The molecule has 432 valence electrons. The Morgan fingerprint density at radius 2 is 0.346 bits per heavy atom. The van der Waals surface area contributed by atoms with Gasteiger partial charge in [-0.1, -0.05) is 0 Å². The predicted molar refractivity (Wildman–Crippen MR) is 282 cm³/mol. The molecule has 0 saturated heterocycles. The number of amides is 6. The number of rotatable bonds is 18. The van der Waals surface area contributed by atoms with Crippen molar-refractivity contribution < 1.29 is 86.0 Å². The van der Waals surface area contributed by atoms with E-state index in [-0.39, 0.29) is 33.4 Å². The van der Waals surface area contributed by atoms with Crippen molar-refractivity contribution in [3.05, 3.63) is 69.8 Å². The summed E-state index contributed by atoms with van der Waals surface area (Å²) in [4.78, 5) is 149. The van der Waals surface area contributed by atoms with Gasteiger partial charge in [0, 0.05) is 33.4 Å². The molecular formula is C54H78N6O18. The highest BCUT2D eigenvalue weighted by Crippen LogP contribution is 2.16. The molecule has 6 amide bonds. The van der Waals surface area contributed by atoms with Crippen LogP contribution in [0.3, 0.4) is 0 Å². The molecule has 24 nitrogen and oxygen atoms in total. The van der Waals surface area contributed by atoms with Gasteiger partial charge in [-0.3, -0.25) is 57.5 Å². The summed E-state index contributed by atoms with van der Waals surface area (Å²) in [7, 11) is 0. The van der Waals surface area contributed by atoms with E-state index in [9.17, 15) is 57.5 Å². The Morgan fingerprint density at radius 1 is 0.244 bits per heavy atom. The zero-order chi connectivity index (χ0) is 60.4. The fourth-order valence-corrected chi connectivity index (χ4v) is 5.83. The number of carbonyl (C=O) groups excluding carboxylic acids is 12. The molecule has 0 heterocycles. The Balaban J connectivity index is 0.000000780. The third kappa shape index (κ3) is 30.6. The third-order valence-corrected chi connectivity index (χ3v) is 8.32. The summed E-state index contributed by atoms with van der Waals surface area (Å²) in [6.07, 6.45) is 0. The minimum Gasteiger partial charge on any atom is -0.459 e. The number of hydrogen-bond donors (Lipinski definition) is 6. The van der Waals surface area contributed by atoms with E-state index in [1.165, 1.54) is 36.4 Å². The maximum Gasteiger partial charge on any atom is 0.325 e. The molecule has 2 aromatic rings. The van der Waals surface area contributed by atoms with E-state index in [2.05, 4.69) is 31.9 Å². The van der Waals surface area contributed by atoms with E-state index in [0.29, 0.717) is 0 Å². The third-order valence-electron chi connectivity index (χ3n) is 8.32. The van der Waals surface area contributed by atoms with Crippen molar-refractivity contribution in [2.45, 2.75) is 158 Å². The standard InChI is InChI=1S/2C27H39N3O9/c2*1-25(2,3)37-19(31)13-28-22(34)16-10-17(23(35)29-14-20(32)38-26(4,5)6)12-18(11-16)24(36)30-15-21(33)39-27(7,8)9/h2*10-12H,13-15H2,1-9H3,(H,28,34)(H,29,35)(H,30,36). The van der Waals surface area contributed by atoms with Gasteiger partial charge < -0.3 is 60.3 Å². The van der Waals surface area contributed by atoms with Crippen molar-refractivity contribution in [3.8, 4) is 0 Å². The van der Waals surface area contributed by atoms with Crippen LogP contribution in [-0.4, -0.2) is 144 Å². The van der Waals surface area contributed by atoms with Crippen molar-refractivity contribution in [2.75, 3.05) is 39.3 Å². The molecule has 0 fully saturated rings. The van der Waals surface area contributed by atoms with Crippen molar-refractivity contribution in [3.63, 3.8) is 0 Å². The largest absolute Gasteiger partial charge is 0.459 e. The predicted octanol–water partition coefficient (Wildman–Crippen LogP) is 3.80. The minimum absolute atomic E-state index is 0.120. The quantitative estimate of drug-likeness (QED) is 0.0913. The smallest absolute Gasteiger partial charge is 0.325 e. The monoisotopic (exact) mass is 1100 g/mol. The molecule has 0 atom stereocenters. The summed E-state index contributed by atoms with van der Waals surface area (Å²) < 4.78 is 30.9. The molecule has 0 radical (unpaired) electrons. The van der Waals surface area contributed by atoms with Crippen molar-refractivity contribution >= 4 is 71.3 Å². The lowest BCUT2D eigenvalue weighted by atomic mass is 10.0. The highest BCUT2D eigenvalue weighted by molar-refractivity contribution is 6.07. The SMILES string of the molecule is CC(C)(C)OC(=O)CNC(=O)c1cc(C(=O)NCC(=O)OC(C)(C)C)cc(C(=O)NCC(=O)OC(C)(C)C)c1.CC(C)(C)OC(=O)CNC(=O)c1cc(C(=O)NCC(=O)OC(C)(C)C)cc(C(=O)NCC(=O)OC(C)(C)C)c1. The van der Waals surface area contributed by atoms with Crippen molar-refractivity contribution in [2.24, 2.45) is 0 Å². The molecule has 78 heavy (non-hydrogen) atoms. The number of nitrogens with one attached hydrogen (secondary N) is 6. The summed E-state index contributed by atoms with van der Waals surface area (Å²) in [5.41, 5.74) is -5.26. The number of esters is 6. The number of benzene rings is 2. The highest BCUT2D eigenvalue weighted by Gasteiger charge is 2.25. The molecule has 0 aliphatic carbocycles. The lowest BCUT2D eigenvalue weighted by Crippen LogP contribution is -2.36. The second-order valence-corrected chi connectivity index (χ2v) is 23.2. The summed E-state index contributed by atoms with van der Waals surface area (Å²) >= 11 is 0. The molecule has 0 aliphatic rings. The van der Waals surface area contributed by atoms with E-state index < -0.39 is 144 Å². The zero-order valence-corrected chi connectivity index (χ0v) is 48.1. The van der Waals surface area contributed by atoms with E-state index >= 15 is 0 Å². The van der Waals surface area contributed by atoms with Crippen LogP contribution < -0.4 is 31.9 Å². The van der Waals surface area contributed by atoms with Crippen LogP contribution in [-0.2, 0) is 57.2 Å². The first-order valence-electron chi connectivity index (χ1n) is 24.6. The van der Waals surface area contributed by atoms with Crippen LogP contribution in [0, 0.1) is 0 Å². The van der Waals surface area contributed by atoms with E-state index in [0.717, 1.165) is 0 Å². The first-order valence-corrected chi connectivity index (χ1v) is 24.6. The fraction of sp³-hybridized carbons (Fsp3) is 0.556. The maximum atomic E-state index is 12.8. The molecule has 6 N–H and O–H groups in total. The molecule has 0 unspecified atom stereocenters. The Bertz CT molecular complexity index is 2090. The normalized spacial score (nSPS) is 11.6. The maximum absolute atomic E-state index is 12.8. The zero-order valence-electron chi connectivity index (χ0n) is 48.1. The van der Waals surface area contributed by atoms with E-state index in [1.807, 2.05) is 0 Å². The number of hydrogen-bond acceptors (Lipinski definition) is 18. The van der Waals surface area contributed by atoms with Gasteiger partial charge in [-0.25, -0.2) is 0 Å². The molecule has 2 aromatic carbocycles. The molecule has 0 saturated carbocycles. The molecule has 0 spiro atoms. The summed E-state index contributed by atoms with van der Waals surface area (Å²) in [5, 5.41) is 14.3. The van der Waals surface area contributed by atoms with Crippen LogP contribution in [0.4, 0.5) is 0 Å². The van der Waals surface area contributed by atoms with Gasteiger partial charge >= 0.3 is 35.8 Å². The molecule has 0 aromatic heterocycles. The average Bonchev–Trinajstić information content (AvgIpc) is 3.25. The minimum atomic E-state index is -0.760. The van der Waals surface area contributed by atoms with Crippen molar-refractivity contribution in [1.82, 2.24) is 31.9 Å². The molecule has 2 rings (SSSR count). The molecular weight excluding hydrogens is 1020 g/mol. The summed E-state index contributed by atoms with van der Waals surface area (Å²) in [5.74, 6) is -8.66. The summed E-state index contributed by atoms with van der Waals surface area (Å²) in [6.45, 7) is 27.4. The van der Waals surface area contributed by atoms with Crippen LogP contribution in [0.1, 0.15) is 187 Å². The molecule has 0 bridgehead atoms. The van der Waals surface area contributed by atoms with Gasteiger partial charge in [-0.2, -0.15) is 0 Å². The Hall–Kier alpha value is -7.92. The topological polar surface area (TPSA) is 332 Å². The first kappa shape index (κ1) is 68.1. The second-order valence-electron chi connectivity index (χ2n) is 23.2. The Labute approximate surface area is 455 Å². The lowest BCUT2D eigenvalue weighted by molar-refractivity contribution is -0.154. The Kier molecular flexibility index (Phi) is 24.8. The van der Waals surface area contributed by atoms with Crippen LogP contribution in [0.2, 0.25) is 0 Å². The van der Waals surface area contributed by atoms with Gasteiger partial charge in [-0.05, 0) is 161 Å². The first-order chi connectivity index (χ1) is 35.3. The van der Waals surface area contributed by atoms with Crippen molar-refractivity contribution in [1.29, 1.82) is 0 Å². The van der Waals surface area contributed by atoms with Gasteiger partial charge in [0.1, 0.15) is 72.9 Å².